The molecule has 3 heterocycles. The molecule has 1 saturated heterocycles. The number of aromatic nitrogens is 4. The van der Waals surface area contributed by atoms with Gasteiger partial charge in [0.1, 0.15) is 11.6 Å². The lowest BCUT2D eigenvalue weighted by Crippen LogP contribution is -2.37. The van der Waals surface area contributed by atoms with E-state index < -0.39 is 6.43 Å². The van der Waals surface area contributed by atoms with Crippen LogP contribution in [0, 0.1) is 6.92 Å². The van der Waals surface area contributed by atoms with Crippen molar-refractivity contribution in [3.05, 3.63) is 35.7 Å². The largest absolute Gasteiger partial charge is 0.378 e. The zero-order valence-electron chi connectivity index (χ0n) is 15.0. The van der Waals surface area contributed by atoms with Gasteiger partial charge in [-0.1, -0.05) is 17.8 Å². The highest BCUT2D eigenvalue weighted by Gasteiger charge is 2.23. The third-order valence-electron chi connectivity index (χ3n) is 4.46. The molecule has 0 N–H and O–H groups in total. The standard InChI is InChI=1S/C18H19F2N5OS/c1-11-3-4-13-12(9-11)21-17(16(19)20)25(13)15-10-14(22-18(23-15)27-2)24-5-7-26-8-6-24/h3-4,9-10,16H,5-8H2,1-2H3. The zero-order chi connectivity index (χ0) is 19.0. The Balaban J connectivity index is 1.90. The third kappa shape index (κ3) is 3.49. The fraction of sp³-hybridized carbons (Fsp3) is 0.389. The molecule has 0 amide bonds. The van der Waals surface area contributed by atoms with Crippen LogP contribution in [-0.4, -0.2) is 52.1 Å². The molecule has 0 radical (unpaired) electrons. The van der Waals surface area contributed by atoms with Gasteiger partial charge in [0.2, 0.25) is 0 Å². The minimum absolute atomic E-state index is 0.311. The molecule has 27 heavy (non-hydrogen) atoms. The van der Waals surface area contributed by atoms with E-state index in [9.17, 15) is 8.78 Å². The van der Waals surface area contributed by atoms with Gasteiger partial charge in [-0.25, -0.2) is 23.7 Å². The Morgan fingerprint density at radius 1 is 1.07 bits per heavy atom. The summed E-state index contributed by atoms with van der Waals surface area (Å²) in [6, 6.07) is 7.24. The molecule has 3 aromatic rings. The average molecular weight is 391 g/mol. The Morgan fingerprint density at radius 3 is 2.52 bits per heavy atom. The minimum atomic E-state index is -2.71. The van der Waals surface area contributed by atoms with Gasteiger partial charge in [0.15, 0.2) is 11.0 Å². The number of thioether (sulfide) groups is 1. The van der Waals surface area contributed by atoms with Crippen molar-refractivity contribution in [1.29, 1.82) is 0 Å². The van der Waals surface area contributed by atoms with Gasteiger partial charge in [-0.3, -0.25) is 4.57 Å². The van der Waals surface area contributed by atoms with Crippen LogP contribution < -0.4 is 4.90 Å². The summed E-state index contributed by atoms with van der Waals surface area (Å²) >= 11 is 1.38. The molecule has 0 unspecified atom stereocenters. The zero-order valence-corrected chi connectivity index (χ0v) is 15.8. The van der Waals surface area contributed by atoms with E-state index in [-0.39, 0.29) is 5.82 Å². The van der Waals surface area contributed by atoms with Crippen LogP contribution >= 0.6 is 11.8 Å². The van der Waals surface area contributed by atoms with E-state index in [1.165, 1.54) is 16.3 Å². The highest BCUT2D eigenvalue weighted by Crippen LogP contribution is 2.30. The van der Waals surface area contributed by atoms with Gasteiger partial charge < -0.3 is 9.64 Å². The summed E-state index contributed by atoms with van der Waals surface area (Å²) < 4.78 is 34.3. The van der Waals surface area contributed by atoms with E-state index >= 15 is 0 Å². The van der Waals surface area contributed by atoms with Gasteiger partial charge in [0.25, 0.3) is 6.43 Å². The number of nitrogens with zero attached hydrogens (tertiary/aromatic N) is 5. The van der Waals surface area contributed by atoms with Gasteiger partial charge in [0, 0.05) is 19.2 Å². The molecule has 1 aliphatic rings. The predicted molar refractivity (Wildman–Crippen MR) is 101 cm³/mol. The lowest BCUT2D eigenvalue weighted by Gasteiger charge is -2.28. The van der Waals surface area contributed by atoms with E-state index in [1.54, 1.807) is 18.2 Å². The highest BCUT2D eigenvalue weighted by molar-refractivity contribution is 7.98. The molecule has 4 rings (SSSR count). The molecular formula is C18H19F2N5OS. The number of rotatable bonds is 4. The first-order valence-corrected chi connectivity index (χ1v) is 9.82. The first kappa shape index (κ1) is 18.1. The van der Waals surface area contributed by atoms with Crippen molar-refractivity contribution in [3.8, 4) is 5.82 Å². The summed E-state index contributed by atoms with van der Waals surface area (Å²) in [6.07, 6.45) is -0.844. The van der Waals surface area contributed by atoms with Crippen LogP contribution in [0.25, 0.3) is 16.9 Å². The summed E-state index contributed by atoms with van der Waals surface area (Å²) in [6.45, 7) is 4.55. The first-order chi connectivity index (χ1) is 13.1. The van der Waals surface area contributed by atoms with Crippen LogP contribution in [0.1, 0.15) is 17.8 Å². The van der Waals surface area contributed by atoms with Crippen molar-refractivity contribution in [1.82, 2.24) is 19.5 Å². The lowest BCUT2D eigenvalue weighted by atomic mass is 10.2. The number of aryl methyl sites for hydroxylation is 1. The molecule has 0 atom stereocenters. The van der Waals surface area contributed by atoms with Gasteiger partial charge in [-0.15, -0.1) is 0 Å². The highest BCUT2D eigenvalue weighted by atomic mass is 32.2. The second-order valence-corrected chi connectivity index (χ2v) is 7.04. The molecule has 0 bridgehead atoms. The van der Waals surface area contributed by atoms with Crippen molar-refractivity contribution in [3.63, 3.8) is 0 Å². The van der Waals surface area contributed by atoms with E-state index in [4.69, 9.17) is 4.74 Å². The third-order valence-corrected chi connectivity index (χ3v) is 5.00. The predicted octanol–water partition coefficient (Wildman–Crippen LogP) is 3.62. The van der Waals surface area contributed by atoms with Gasteiger partial charge in [0.05, 0.1) is 24.2 Å². The van der Waals surface area contributed by atoms with Crippen LogP contribution in [0.4, 0.5) is 14.6 Å². The molecule has 1 aliphatic heterocycles. The Labute approximate surface area is 159 Å². The summed E-state index contributed by atoms with van der Waals surface area (Å²) in [5.74, 6) is 0.800. The van der Waals surface area contributed by atoms with Crippen LogP contribution in [0.2, 0.25) is 0 Å². The van der Waals surface area contributed by atoms with Crippen LogP contribution in [0.15, 0.2) is 29.4 Å². The number of anilines is 1. The van der Waals surface area contributed by atoms with Crippen molar-refractivity contribution in [2.75, 3.05) is 37.5 Å². The van der Waals surface area contributed by atoms with Crippen molar-refractivity contribution in [2.45, 2.75) is 18.5 Å². The fourth-order valence-electron chi connectivity index (χ4n) is 3.16. The topological polar surface area (TPSA) is 56.1 Å². The number of hydrogen-bond acceptors (Lipinski definition) is 6. The van der Waals surface area contributed by atoms with Crippen molar-refractivity contribution >= 4 is 28.6 Å². The van der Waals surface area contributed by atoms with Crippen LogP contribution in [0.3, 0.4) is 0 Å². The summed E-state index contributed by atoms with van der Waals surface area (Å²) in [5, 5.41) is 0.531. The van der Waals surface area contributed by atoms with Gasteiger partial charge >= 0.3 is 0 Å². The minimum Gasteiger partial charge on any atom is -0.378 e. The Hall–Kier alpha value is -2.26. The number of ether oxygens (including phenoxy) is 1. The van der Waals surface area contributed by atoms with E-state index in [1.807, 2.05) is 19.2 Å². The lowest BCUT2D eigenvalue weighted by molar-refractivity contribution is 0.122. The van der Waals surface area contributed by atoms with Gasteiger partial charge in [-0.05, 0) is 30.9 Å². The first-order valence-electron chi connectivity index (χ1n) is 8.60. The molecule has 0 aliphatic carbocycles. The molecule has 0 saturated carbocycles. The molecule has 6 nitrogen and oxygen atoms in total. The second-order valence-electron chi connectivity index (χ2n) is 6.27. The summed E-state index contributed by atoms with van der Waals surface area (Å²) in [4.78, 5) is 15.3. The number of benzene rings is 1. The van der Waals surface area contributed by atoms with E-state index in [2.05, 4.69) is 19.9 Å². The Bertz CT molecular complexity index is 972. The Morgan fingerprint density at radius 2 is 1.81 bits per heavy atom. The summed E-state index contributed by atoms with van der Waals surface area (Å²) in [5.41, 5.74) is 2.10. The van der Waals surface area contributed by atoms with Crippen molar-refractivity contribution < 1.29 is 13.5 Å². The van der Waals surface area contributed by atoms with Gasteiger partial charge in [-0.2, -0.15) is 0 Å². The molecule has 142 valence electrons. The normalized spacial score (nSPS) is 15.1. The number of morpholine rings is 1. The SMILES string of the molecule is CSc1nc(N2CCOCC2)cc(-n2c(C(F)F)nc3cc(C)ccc32)n1. The molecule has 0 spiro atoms. The average Bonchev–Trinajstić information content (AvgIpc) is 3.07. The quantitative estimate of drug-likeness (QED) is 0.500. The number of halogens is 2. The smallest absolute Gasteiger partial charge is 0.296 e. The van der Waals surface area contributed by atoms with E-state index in [0.717, 1.165) is 5.56 Å². The van der Waals surface area contributed by atoms with Crippen LogP contribution in [-0.2, 0) is 4.74 Å². The maximum atomic E-state index is 13.7. The maximum Gasteiger partial charge on any atom is 0.296 e. The molecular weight excluding hydrogens is 372 g/mol. The summed E-state index contributed by atoms with van der Waals surface area (Å²) in [7, 11) is 0. The number of imidazole rings is 1. The molecule has 9 heteroatoms. The van der Waals surface area contributed by atoms with Crippen molar-refractivity contribution in [2.24, 2.45) is 0 Å². The number of alkyl halides is 2. The fourth-order valence-corrected chi connectivity index (χ4v) is 3.53. The molecule has 1 aromatic carbocycles. The number of fused-ring (bicyclic) bond motifs is 1. The molecule has 1 fully saturated rings. The monoisotopic (exact) mass is 391 g/mol. The van der Waals surface area contributed by atoms with E-state index in [0.29, 0.717) is 54.1 Å². The maximum absolute atomic E-state index is 13.7. The Kier molecular flexibility index (Phi) is 4.96. The van der Waals surface area contributed by atoms with Crippen LogP contribution in [0.5, 0.6) is 0 Å². The number of hydrogen-bond donors (Lipinski definition) is 0. The second kappa shape index (κ2) is 7.40. The molecule has 2 aromatic heterocycles.